The van der Waals surface area contributed by atoms with Gasteiger partial charge in [0.25, 0.3) is 0 Å². The summed E-state index contributed by atoms with van der Waals surface area (Å²) in [7, 11) is 0. The van der Waals surface area contributed by atoms with Crippen LogP contribution >= 0.6 is 0 Å². The minimum absolute atomic E-state index is 0.123. The van der Waals surface area contributed by atoms with E-state index in [1.54, 1.807) is 0 Å². The molecule has 0 spiro atoms. The Morgan fingerprint density at radius 3 is 2.29 bits per heavy atom. The number of hydrogen-bond acceptors (Lipinski definition) is 3. The Balaban J connectivity index is 2.88. The lowest BCUT2D eigenvalue weighted by molar-refractivity contribution is -0.115. The van der Waals surface area contributed by atoms with Crippen molar-refractivity contribution in [2.75, 3.05) is 13.1 Å². The average molecular weight is 239 g/mol. The Labute approximate surface area is 104 Å². The van der Waals surface area contributed by atoms with E-state index in [9.17, 15) is 4.79 Å². The van der Waals surface area contributed by atoms with Crippen LogP contribution in [0.5, 0.6) is 0 Å². The van der Waals surface area contributed by atoms with E-state index in [-0.39, 0.29) is 17.0 Å². The Morgan fingerprint density at radius 2 is 1.88 bits per heavy atom. The van der Waals surface area contributed by atoms with Crippen molar-refractivity contribution in [1.82, 2.24) is 4.90 Å². The molecule has 0 aliphatic carbocycles. The summed E-state index contributed by atoms with van der Waals surface area (Å²) in [5.74, 6) is -0.315. The molecule has 98 valence electrons. The number of nitrogens with zero attached hydrogens (tertiary/aromatic N) is 1. The summed E-state index contributed by atoms with van der Waals surface area (Å²) in [5.41, 5.74) is 11.3. The van der Waals surface area contributed by atoms with Gasteiger partial charge in [0.1, 0.15) is 0 Å². The number of amides is 1. The van der Waals surface area contributed by atoms with Gasteiger partial charge in [-0.3, -0.25) is 9.69 Å². The molecular formula is C13H25N3O. The molecule has 1 aliphatic rings. The van der Waals surface area contributed by atoms with Gasteiger partial charge in [-0.1, -0.05) is 6.08 Å². The number of carbonyl (C=O) groups is 1. The van der Waals surface area contributed by atoms with Crippen LogP contribution in [0.15, 0.2) is 11.6 Å². The van der Waals surface area contributed by atoms with E-state index in [2.05, 4.69) is 32.6 Å². The van der Waals surface area contributed by atoms with E-state index in [0.717, 1.165) is 25.0 Å². The molecule has 0 aromatic heterocycles. The molecule has 1 amide bonds. The highest BCUT2D eigenvalue weighted by molar-refractivity contribution is 5.95. The first-order chi connectivity index (χ1) is 7.73. The van der Waals surface area contributed by atoms with Crippen LogP contribution in [0.1, 0.15) is 40.5 Å². The Bertz CT molecular complexity index is 332. The van der Waals surface area contributed by atoms with Crippen molar-refractivity contribution in [3.63, 3.8) is 0 Å². The van der Waals surface area contributed by atoms with Crippen LogP contribution < -0.4 is 11.5 Å². The van der Waals surface area contributed by atoms with Gasteiger partial charge in [0, 0.05) is 16.7 Å². The van der Waals surface area contributed by atoms with Crippen molar-refractivity contribution < 1.29 is 4.79 Å². The van der Waals surface area contributed by atoms with E-state index in [0.29, 0.717) is 6.54 Å². The molecule has 1 rings (SSSR count). The molecule has 0 unspecified atom stereocenters. The van der Waals surface area contributed by atoms with Crippen molar-refractivity contribution in [3.8, 4) is 0 Å². The summed E-state index contributed by atoms with van der Waals surface area (Å²) in [4.78, 5) is 13.8. The summed E-state index contributed by atoms with van der Waals surface area (Å²) >= 11 is 0. The molecular weight excluding hydrogens is 214 g/mol. The van der Waals surface area contributed by atoms with E-state index < -0.39 is 0 Å². The van der Waals surface area contributed by atoms with Crippen molar-refractivity contribution in [2.24, 2.45) is 11.5 Å². The van der Waals surface area contributed by atoms with Crippen molar-refractivity contribution in [2.45, 2.75) is 51.6 Å². The molecule has 17 heavy (non-hydrogen) atoms. The summed E-state index contributed by atoms with van der Waals surface area (Å²) in [6.45, 7) is 10.00. The number of unbranched alkanes of at least 4 members (excludes halogenated alkanes) is 1. The average Bonchev–Trinajstić information content (AvgIpc) is 2.37. The van der Waals surface area contributed by atoms with Crippen LogP contribution in [-0.2, 0) is 4.79 Å². The normalized spacial score (nSPS) is 22.5. The first kappa shape index (κ1) is 14.2. The van der Waals surface area contributed by atoms with Crippen molar-refractivity contribution in [1.29, 1.82) is 0 Å². The van der Waals surface area contributed by atoms with Crippen LogP contribution in [0.4, 0.5) is 0 Å². The number of hydrogen-bond donors (Lipinski definition) is 2. The van der Waals surface area contributed by atoms with Crippen LogP contribution in [0.3, 0.4) is 0 Å². The van der Waals surface area contributed by atoms with Crippen LogP contribution in [0, 0.1) is 0 Å². The lowest BCUT2D eigenvalue weighted by Crippen LogP contribution is -2.51. The Morgan fingerprint density at radius 1 is 1.29 bits per heavy atom. The summed E-state index contributed by atoms with van der Waals surface area (Å²) in [5, 5.41) is 0. The standard InChI is InChI=1S/C13H25N3O/c1-12(2)9-10(11(15)17)13(3,4)16(12)8-6-5-7-14/h9H,5-8,14H2,1-4H3,(H2,15,17). The van der Waals surface area contributed by atoms with Gasteiger partial charge in [0.15, 0.2) is 0 Å². The summed E-state index contributed by atoms with van der Waals surface area (Å²) in [6, 6.07) is 0. The molecule has 0 saturated carbocycles. The maximum absolute atomic E-state index is 11.5. The molecule has 4 heteroatoms. The first-order valence-corrected chi connectivity index (χ1v) is 6.24. The quantitative estimate of drug-likeness (QED) is 0.703. The molecule has 0 aromatic carbocycles. The second-order valence-electron chi connectivity index (χ2n) is 5.78. The lowest BCUT2D eigenvalue weighted by Gasteiger charge is -2.41. The van der Waals surface area contributed by atoms with Gasteiger partial charge in [0.05, 0.1) is 0 Å². The van der Waals surface area contributed by atoms with Crippen LogP contribution in [-0.4, -0.2) is 35.0 Å². The van der Waals surface area contributed by atoms with E-state index in [4.69, 9.17) is 11.5 Å². The predicted molar refractivity (Wildman–Crippen MR) is 70.4 cm³/mol. The maximum Gasteiger partial charge on any atom is 0.246 e. The highest BCUT2D eigenvalue weighted by atomic mass is 16.1. The molecule has 4 nitrogen and oxygen atoms in total. The maximum atomic E-state index is 11.5. The number of carbonyl (C=O) groups excluding carboxylic acids is 1. The lowest BCUT2D eigenvalue weighted by atomic mass is 9.94. The van der Waals surface area contributed by atoms with E-state index in [1.165, 1.54) is 0 Å². The largest absolute Gasteiger partial charge is 0.366 e. The zero-order valence-electron chi connectivity index (χ0n) is 11.4. The third kappa shape index (κ3) is 2.69. The topological polar surface area (TPSA) is 72.4 Å². The molecule has 1 heterocycles. The van der Waals surface area contributed by atoms with Gasteiger partial charge in [-0.15, -0.1) is 0 Å². The smallest absolute Gasteiger partial charge is 0.246 e. The second kappa shape index (κ2) is 4.78. The molecule has 0 radical (unpaired) electrons. The fraction of sp³-hybridized carbons (Fsp3) is 0.769. The van der Waals surface area contributed by atoms with Crippen molar-refractivity contribution >= 4 is 5.91 Å². The zero-order valence-corrected chi connectivity index (χ0v) is 11.4. The SMILES string of the molecule is CC1(C)C=C(C(N)=O)C(C)(C)N1CCCCN. The minimum Gasteiger partial charge on any atom is -0.366 e. The molecule has 0 aromatic rings. The summed E-state index contributed by atoms with van der Waals surface area (Å²) in [6.07, 6.45) is 4.05. The highest BCUT2D eigenvalue weighted by Crippen LogP contribution is 2.39. The minimum atomic E-state index is -0.315. The van der Waals surface area contributed by atoms with Gasteiger partial charge >= 0.3 is 0 Å². The van der Waals surface area contributed by atoms with Gasteiger partial charge in [0.2, 0.25) is 5.91 Å². The molecule has 0 atom stereocenters. The second-order valence-corrected chi connectivity index (χ2v) is 5.78. The van der Waals surface area contributed by atoms with Gasteiger partial charge in [-0.25, -0.2) is 0 Å². The van der Waals surface area contributed by atoms with Crippen LogP contribution in [0.25, 0.3) is 0 Å². The molecule has 0 saturated heterocycles. The fourth-order valence-electron chi connectivity index (χ4n) is 2.83. The number of nitrogens with two attached hydrogens (primary N) is 2. The number of primary amides is 1. The van der Waals surface area contributed by atoms with Gasteiger partial charge in [-0.2, -0.15) is 0 Å². The zero-order chi connectivity index (χ0) is 13.3. The first-order valence-electron chi connectivity index (χ1n) is 6.24. The Kier molecular flexibility index (Phi) is 3.99. The van der Waals surface area contributed by atoms with Gasteiger partial charge < -0.3 is 11.5 Å². The number of rotatable bonds is 5. The molecule has 0 fully saturated rings. The van der Waals surface area contributed by atoms with Crippen molar-refractivity contribution in [3.05, 3.63) is 11.6 Å². The summed E-state index contributed by atoms with van der Waals surface area (Å²) < 4.78 is 0. The molecule has 0 bridgehead atoms. The monoisotopic (exact) mass is 239 g/mol. The third-order valence-electron chi connectivity index (χ3n) is 3.63. The third-order valence-corrected chi connectivity index (χ3v) is 3.63. The Hall–Kier alpha value is -0.870. The molecule has 1 aliphatic heterocycles. The van der Waals surface area contributed by atoms with E-state index >= 15 is 0 Å². The van der Waals surface area contributed by atoms with Gasteiger partial charge in [-0.05, 0) is 53.6 Å². The predicted octanol–water partition coefficient (Wildman–Crippen LogP) is 1.01. The molecule has 4 N–H and O–H groups in total. The van der Waals surface area contributed by atoms with E-state index in [1.807, 2.05) is 6.08 Å². The highest BCUT2D eigenvalue weighted by Gasteiger charge is 2.46. The fourth-order valence-corrected chi connectivity index (χ4v) is 2.83. The van der Waals surface area contributed by atoms with Crippen LogP contribution in [0.2, 0.25) is 0 Å².